The zero-order chi connectivity index (χ0) is 14.0. The molecular formula is C15H15IO3. The number of carbonyl (C=O) groups is 1. The molecule has 2 rings (SSSR count). The number of ether oxygens (including phenoxy) is 1. The normalized spacial score (nSPS) is 14.1. The third-order valence-electron chi connectivity index (χ3n) is 3.14. The Balaban J connectivity index is 2.45. The minimum atomic E-state index is -0.596. The van der Waals surface area contributed by atoms with Gasteiger partial charge in [0.15, 0.2) is 11.5 Å². The highest BCUT2D eigenvalue weighted by Gasteiger charge is 2.31. The summed E-state index contributed by atoms with van der Waals surface area (Å²) in [6, 6.07) is 10.8. The topological polar surface area (TPSA) is 46.5 Å². The highest BCUT2D eigenvalue weighted by Crippen LogP contribution is 2.36. The number of rotatable bonds is 3. The van der Waals surface area contributed by atoms with Crippen LogP contribution in [0.4, 0.5) is 0 Å². The van der Waals surface area contributed by atoms with Crippen molar-refractivity contribution in [3.8, 4) is 11.5 Å². The quantitative estimate of drug-likeness (QED) is 0.384. The molecule has 1 atom stereocenters. The average molecular weight is 370 g/mol. The second-order valence-electron chi connectivity index (χ2n) is 4.58. The first-order chi connectivity index (χ1) is 8.95. The first kappa shape index (κ1) is 14.1. The summed E-state index contributed by atoms with van der Waals surface area (Å²) in [6.45, 7) is 3.74. The molecule has 0 saturated carbocycles. The Labute approximate surface area is 125 Å². The number of halogens is 1. The van der Waals surface area contributed by atoms with Gasteiger partial charge in [-0.25, -0.2) is 0 Å². The number of benzene rings is 2. The number of phenolic OH excluding ortho intramolecular Hbond substituents is 1. The molecule has 0 fully saturated rings. The van der Waals surface area contributed by atoms with Crippen LogP contribution in [0.5, 0.6) is 11.5 Å². The van der Waals surface area contributed by atoms with Gasteiger partial charge in [-0.05, 0) is 24.8 Å². The summed E-state index contributed by atoms with van der Waals surface area (Å²) in [5.41, 5.74) is 0. The van der Waals surface area contributed by atoms with Crippen LogP contribution in [0, 0.1) is 0 Å². The van der Waals surface area contributed by atoms with Crippen LogP contribution in [0.15, 0.2) is 36.4 Å². The first-order valence-electron chi connectivity index (χ1n) is 6.07. The molecule has 0 heterocycles. The Bertz CT molecular complexity index is 620. The second-order valence-corrected chi connectivity index (χ2v) is 6.96. The fraction of sp³-hybridized carbons (Fsp3) is 0.267. The van der Waals surface area contributed by atoms with Crippen LogP contribution in [-0.2, 0) is 4.79 Å². The number of fused-ring (bicyclic) bond motifs is 1. The van der Waals surface area contributed by atoms with Crippen LogP contribution in [0.2, 0.25) is 0 Å². The van der Waals surface area contributed by atoms with E-state index in [4.69, 9.17) is 4.74 Å². The van der Waals surface area contributed by atoms with Gasteiger partial charge in [0.1, 0.15) is 3.42 Å². The highest BCUT2D eigenvalue weighted by molar-refractivity contribution is 14.1. The van der Waals surface area contributed by atoms with Crippen LogP contribution in [0.1, 0.15) is 20.3 Å². The van der Waals surface area contributed by atoms with Gasteiger partial charge in [0, 0.05) is 5.39 Å². The van der Waals surface area contributed by atoms with E-state index in [1.165, 1.54) is 0 Å². The van der Waals surface area contributed by atoms with E-state index in [1.54, 1.807) is 12.1 Å². The van der Waals surface area contributed by atoms with E-state index in [0.29, 0.717) is 6.42 Å². The smallest absolute Gasteiger partial charge is 0.327 e. The number of esters is 1. The van der Waals surface area contributed by atoms with Gasteiger partial charge in [0.2, 0.25) is 0 Å². The van der Waals surface area contributed by atoms with Gasteiger partial charge in [0.25, 0.3) is 0 Å². The molecule has 0 radical (unpaired) electrons. The van der Waals surface area contributed by atoms with Crippen molar-refractivity contribution in [2.75, 3.05) is 0 Å². The van der Waals surface area contributed by atoms with Crippen molar-refractivity contribution in [2.45, 2.75) is 23.7 Å². The number of hydrogen-bond donors (Lipinski definition) is 1. The first-order valence-corrected chi connectivity index (χ1v) is 7.15. The molecule has 2 aromatic rings. The van der Waals surface area contributed by atoms with Gasteiger partial charge < -0.3 is 9.84 Å². The summed E-state index contributed by atoms with van der Waals surface area (Å²) >= 11 is 2.07. The van der Waals surface area contributed by atoms with Gasteiger partial charge in [-0.3, -0.25) is 4.79 Å². The van der Waals surface area contributed by atoms with Crippen LogP contribution < -0.4 is 4.74 Å². The number of phenols is 1. The van der Waals surface area contributed by atoms with Gasteiger partial charge in [-0.2, -0.15) is 0 Å². The van der Waals surface area contributed by atoms with E-state index in [-0.39, 0.29) is 17.5 Å². The van der Waals surface area contributed by atoms with Crippen LogP contribution in [-0.4, -0.2) is 14.5 Å². The lowest BCUT2D eigenvalue weighted by Crippen LogP contribution is -2.31. The maximum Gasteiger partial charge on any atom is 0.327 e. The standard InChI is InChI=1S/C15H15IO3/c1-3-15(2,16)14(18)19-13-11-7-5-4-6-10(11)8-9-12(13)17/h4-9,17H,3H2,1-2H3. The van der Waals surface area contributed by atoms with E-state index in [2.05, 4.69) is 22.6 Å². The predicted molar refractivity (Wildman–Crippen MR) is 84.0 cm³/mol. The predicted octanol–water partition coefficient (Wildman–Crippen LogP) is 4.05. The summed E-state index contributed by atoms with van der Waals surface area (Å²) in [5, 5.41) is 11.6. The van der Waals surface area contributed by atoms with Gasteiger partial charge in [-0.1, -0.05) is 59.8 Å². The molecule has 2 aromatic carbocycles. The van der Waals surface area contributed by atoms with Crippen molar-refractivity contribution < 1.29 is 14.6 Å². The van der Waals surface area contributed by atoms with Crippen molar-refractivity contribution in [2.24, 2.45) is 0 Å². The minimum Gasteiger partial charge on any atom is -0.504 e. The van der Waals surface area contributed by atoms with Crippen molar-refractivity contribution in [3.63, 3.8) is 0 Å². The third kappa shape index (κ3) is 2.83. The Morgan fingerprint density at radius 3 is 2.68 bits per heavy atom. The summed E-state index contributed by atoms with van der Waals surface area (Å²) in [5.74, 6) is -0.128. The van der Waals surface area contributed by atoms with Crippen LogP contribution in [0.3, 0.4) is 0 Å². The molecule has 0 aromatic heterocycles. The number of hydrogen-bond acceptors (Lipinski definition) is 3. The molecule has 0 saturated heterocycles. The average Bonchev–Trinajstić information content (AvgIpc) is 2.41. The lowest BCUT2D eigenvalue weighted by atomic mass is 10.1. The van der Waals surface area contributed by atoms with Crippen molar-refractivity contribution >= 4 is 39.3 Å². The third-order valence-corrected chi connectivity index (χ3v) is 4.35. The molecular weight excluding hydrogens is 355 g/mol. The van der Waals surface area contributed by atoms with E-state index in [0.717, 1.165) is 10.8 Å². The van der Waals surface area contributed by atoms with E-state index in [9.17, 15) is 9.90 Å². The van der Waals surface area contributed by atoms with E-state index >= 15 is 0 Å². The van der Waals surface area contributed by atoms with Crippen molar-refractivity contribution in [1.29, 1.82) is 0 Å². The Kier molecular flexibility index (Phi) is 3.99. The second kappa shape index (κ2) is 5.36. The maximum atomic E-state index is 12.1. The molecule has 3 nitrogen and oxygen atoms in total. The number of aromatic hydroxyl groups is 1. The summed E-state index contributed by atoms with van der Waals surface area (Å²) in [4.78, 5) is 12.1. The SMILES string of the molecule is CCC(C)(I)C(=O)Oc1c(O)ccc2ccccc12. The molecule has 4 heteroatoms. The maximum absolute atomic E-state index is 12.1. The molecule has 0 aliphatic rings. The Hall–Kier alpha value is -1.30. The number of carbonyl (C=O) groups excluding carboxylic acids is 1. The lowest BCUT2D eigenvalue weighted by Gasteiger charge is -2.19. The highest BCUT2D eigenvalue weighted by atomic mass is 127. The fourth-order valence-corrected chi connectivity index (χ4v) is 1.79. The fourth-order valence-electron chi connectivity index (χ4n) is 1.68. The van der Waals surface area contributed by atoms with Crippen molar-refractivity contribution in [1.82, 2.24) is 0 Å². The summed E-state index contributed by atoms with van der Waals surface area (Å²) in [7, 11) is 0. The summed E-state index contributed by atoms with van der Waals surface area (Å²) < 4.78 is 4.82. The Morgan fingerprint density at radius 2 is 2.00 bits per heavy atom. The van der Waals surface area contributed by atoms with E-state index in [1.807, 2.05) is 38.1 Å². The van der Waals surface area contributed by atoms with Crippen LogP contribution >= 0.6 is 22.6 Å². The molecule has 1 N–H and O–H groups in total. The van der Waals surface area contributed by atoms with Gasteiger partial charge >= 0.3 is 5.97 Å². The molecule has 0 aliphatic carbocycles. The zero-order valence-corrected chi connectivity index (χ0v) is 13.0. The molecule has 0 bridgehead atoms. The number of alkyl halides is 1. The van der Waals surface area contributed by atoms with Gasteiger partial charge in [-0.15, -0.1) is 0 Å². The van der Waals surface area contributed by atoms with E-state index < -0.39 is 3.42 Å². The molecule has 100 valence electrons. The van der Waals surface area contributed by atoms with Gasteiger partial charge in [0.05, 0.1) is 0 Å². The van der Waals surface area contributed by atoms with Crippen LogP contribution in [0.25, 0.3) is 10.8 Å². The molecule has 0 spiro atoms. The lowest BCUT2D eigenvalue weighted by molar-refractivity contribution is -0.136. The van der Waals surface area contributed by atoms with Crippen molar-refractivity contribution in [3.05, 3.63) is 36.4 Å². The molecule has 1 unspecified atom stereocenters. The molecule has 19 heavy (non-hydrogen) atoms. The largest absolute Gasteiger partial charge is 0.504 e. The molecule has 0 aliphatic heterocycles. The molecule has 0 amide bonds. The monoisotopic (exact) mass is 370 g/mol. The zero-order valence-electron chi connectivity index (χ0n) is 10.8. The minimum absolute atomic E-state index is 0.0182. The summed E-state index contributed by atoms with van der Waals surface area (Å²) in [6.07, 6.45) is 0.665. The Morgan fingerprint density at radius 1 is 1.32 bits per heavy atom.